The second-order valence-electron chi connectivity index (χ2n) is 5.49. The van der Waals surface area contributed by atoms with Gasteiger partial charge in [0.25, 0.3) is 5.91 Å². The number of alkyl halides is 3. The van der Waals surface area contributed by atoms with Gasteiger partial charge < -0.3 is 5.32 Å². The highest BCUT2D eigenvalue weighted by Gasteiger charge is 2.43. The Hall–Kier alpha value is -3.32. The second kappa shape index (κ2) is 8.67. The van der Waals surface area contributed by atoms with E-state index in [2.05, 4.69) is 9.28 Å². The fraction of sp³-hybridized carbons (Fsp3) is 0.231. The first-order chi connectivity index (χ1) is 14.6. The number of rotatable bonds is 7. The highest BCUT2D eigenvalue weighted by molar-refractivity contribution is 7.84. The molecule has 0 saturated heterocycles. The quantitative estimate of drug-likeness (QED) is 0.258. The highest BCUT2D eigenvalue weighted by Crippen LogP contribution is 2.39. The maximum Gasteiger partial charge on any atom is 0.422 e. The molecule has 2 aromatic rings. The lowest BCUT2D eigenvalue weighted by Gasteiger charge is -2.15. The van der Waals surface area contributed by atoms with Gasteiger partial charge >= 0.3 is 22.2 Å². The zero-order chi connectivity index (χ0) is 24.6. The first-order valence-electron chi connectivity index (χ1n) is 7.66. The van der Waals surface area contributed by atoms with Gasteiger partial charge in [-0.2, -0.15) is 31.4 Å². The molecule has 0 spiro atoms. The van der Waals surface area contributed by atoms with Crippen LogP contribution < -0.4 is 10.0 Å². The van der Waals surface area contributed by atoms with Crippen molar-refractivity contribution in [3.63, 3.8) is 0 Å². The summed E-state index contributed by atoms with van der Waals surface area (Å²) < 4.78 is 122. The number of hydrogen-bond donors (Lipinski definition) is 2. The van der Waals surface area contributed by atoms with E-state index < -0.39 is 79.9 Å². The summed E-state index contributed by atoms with van der Waals surface area (Å²) in [4.78, 5) is 21.6. The number of amides is 1. The van der Waals surface area contributed by atoms with Gasteiger partial charge in [0.15, 0.2) is 23.3 Å². The number of nitro groups is 1. The number of carbonyl (C=O) groups is 1. The van der Waals surface area contributed by atoms with Crippen LogP contribution in [0.3, 0.4) is 0 Å². The Morgan fingerprint density at radius 2 is 1.72 bits per heavy atom. The standard InChI is InChI=1S/C13H8F7N5O6S/c1-21-32(29,30)31-3-5(26)23-12-4(25(27)28)2-22-24(12)11-9(16)7(14)6(13(18,19)20)8(15)10(11)17/h2,21H,3H2,1H3,(H,23,26). The SMILES string of the molecule is CNS(=O)(=O)OCC(=O)Nc1c([N+](=O)[O-])cnn1-c1c(F)c(F)c(C(F)(F)F)c(F)c1F. The highest BCUT2D eigenvalue weighted by atomic mass is 32.2. The van der Waals surface area contributed by atoms with Gasteiger partial charge in [0.05, 0.1) is 4.92 Å². The molecule has 0 fully saturated rings. The van der Waals surface area contributed by atoms with Crippen molar-refractivity contribution in [2.45, 2.75) is 6.18 Å². The summed E-state index contributed by atoms with van der Waals surface area (Å²) in [7, 11) is -3.52. The molecule has 0 aliphatic carbocycles. The van der Waals surface area contributed by atoms with Gasteiger partial charge in [-0.05, 0) is 0 Å². The van der Waals surface area contributed by atoms with Gasteiger partial charge in [-0.1, -0.05) is 0 Å². The van der Waals surface area contributed by atoms with E-state index in [1.165, 1.54) is 0 Å². The Labute approximate surface area is 172 Å². The van der Waals surface area contributed by atoms with Crippen molar-refractivity contribution >= 4 is 27.7 Å². The predicted octanol–water partition coefficient (Wildman–Crippen LogP) is 1.78. The molecule has 2 rings (SSSR count). The second-order valence-corrected chi connectivity index (χ2v) is 7.05. The first kappa shape index (κ1) is 24.9. The summed E-state index contributed by atoms with van der Waals surface area (Å²) >= 11 is 0. The Morgan fingerprint density at radius 3 is 2.16 bits per heavy atom. The van der Waals surface area contributed by atoms with Crippen LogP contribution in [-0.2, 0) is 25.5 Å². The van der Waals surface area contributed by atoms with Crippen molar-refractivity contribution in [1.29, 1.82) is 0 Å². The number of benzene rings is 1. The van der Waals surface area contributed by atoms with Crippen LogP contribution in [0.4, 0.5) is 42.2 Å². The molecule has 0 atom stereocenters. The number of nitrogens with zero attached hydrogens (tertiary/aromatic N) is 3. The molecule has 1 aromatic heterocycles. The Balaban J connectivity index is 2.64. The van der Waals surface area contributed by atoms with Gasteiger partial charge in [0.1, 0.15) is 24.1 Å². The van der Waals surface area contributed by atoms with E-state index in [0.29, 0.717) is 0 Å². The Kier molecular flexibility index (Phi) is 6.76. The molecule has 11 nitrogen and oxygen atoms in total. The topological polar surface area (TPSA) is 145 Å². The molecule has 0 aliphatic heterocycles. The third-order valence-corrected chi connectivity index (χ3v) is 4.46. The number of halogens is 7. The molecular formula is C13H8F7N5O6S. The summed E-state index contributed by atoms with van der Waals surface area (Å²) in [5, 5.41) is 15.7. The van der Waals surface area contributed by atoms with Crippen LogP contribution in [0.25, 0.3) is 5.69 Å². The molecule has 2 N–H and O–H groups in total. The van der Waals surface area contributed by atoms with E-state index in [1.807, 2.05) is 0 Å². The van der Waals surface area contributed by atoms with Gasteiger partial charge in [0.2, 0.25) is 5.82 Å². The molecule has 0 radical (unpaired) electrons. The van der Waals surface area contributed by atoms with E-state index in [4.69, 9.17) is 0 Å². The zero-order valence-corrected chi connectivity index (χ0v) is 15.9. The lowest BCUT2D eigenvalue weighted by molar-refractivity contribution is -0.384. The first-order valence-corrected chi connectivity index (χ1v) is 9.06. The average Bonchev–Trinajstić information content (AvgIpc) is 3.07. The van der Waals surface area contributed by atoms with Crippen LogP contribution in [0.5, 0.6) is 0 Å². The number of hydrogen-bond acceptors (Lipinski definition) is 7. The van der Waals surface area contributed by atoms with Gasteiger partial charge in [-0.15, -0.1) is 0 Å². The number of anilines is 1. The van der Waals surface area contributed by atoms with Crippen molar-refractivity contribution in [1.82, 2.24) is 14.5 Å². The van der Waals surface area contributed by atoms with Gasteiger partial charge in [-0.3, -0.25) is 14.9 Å². The summed E-state index contributed by atoms with van der Waals surface area (Å²) in [6, 6.07) is 0. The molecule has 1 amide bonds. The smallest absolute Gasteiger partial charge is 0.303 e. The molecule has 32 heavy (non-hydrogen) atoms. The lowest BCUT2D eigenvalue weighted by Crippen LogP contribution is -2.28. The minimum atomic E-state index is -5.85. The minimum absolute atomic E-state index is 0.243. The zero-order valence-electron chi connectivity index (χ0n) is 15.1. The summed E-state index contributed by atoms with van der Waals surface area (Å²) in [5.74, 6) is -13.8. The lowest BCUT2D eigenvalue weighted by atomic mass is 10.1. The molecule has 0 saturated carbocycles. The van der Waals surface area contributed by atoms with E-state index in [1.54, 1.807) is 10.0 Å². The van der Waals surface area contributed by atoms with Crippen molar-refractivity contribution in [2.75, 3.05) is 19.0 Å². The van der Waals surface area contributed by atoms with Crippen molar-refractivity contribution in [3.8, 4) is 5.69 Å². The molecule has 176 valence electrons. The normalized spacial score (nSPS) is 12.1. The van der Waals surface area contributed by atoms with Crippen LogP contribution in [0, 0.1) is 33.4 Å². The fourth-order valence-electron chi connectivity index (χ4n) is 2.17. The van der Waals surface area contributed by atoms with Gasteiger partial charge in [0, 0.05) is 7.05 Å². The van der Waals surface area contributed by atoms with Crippen molar-refractivity contribution < 1.29 is 53.1 Å². The van der Waals surface area contributed by atoms with Crippen LogP contribution in [0.15, 0.2) is 6.20 Å². The molecule has 1 heterocycles. The largest absolute Gasteiger partial charge is 0.422 e. The van der Waals surface area contributed by atoms with Crippen molar-refractivity contribution in [2.24, 2.45) is 0 Å². The van der Waals surface area contributed by atoms with E-state index in [9.17, 15) is 54.1 Å². The molecule has 0 unspecified atom stereocenters. The van der Waals surface area contributed by atoms with Crippen LogP contribution in [-0.4, -0.2) is 42.7 Å². The number of carbonyl (C=O) groups excluding carboxylic acids is 1. The van der Waals surface area contributed by atoms with E-state index in [0.717, 1.165) is 7.05 Å². The van der Waals surface area contributed by atoms with Crippen LogP contribution in [0.2, 0.25) is 0 Å². The summed E-state index contributed by atoms with van der Waals surface area (Å²) in [6.45, 7) is -1.34. The fourth-order valence-corrected chi connectivity index (χ4v) is 2.55. The maximum absolute atomic E-state index is 14.3. The number of nitrogens with one attached hydrogen (secondary N) is 2. The Bertz CT molecular complexity index is 1170. The molecule has 0 aliphatic rings. The molecule has 1 aromatic carbocycles. The minimum Gasteiger partial charge on any atom is -0.303 e. The average molecular weight is 495 g/mol. The summed E-state index contributed by atoms with van der Waals surface area (Å²) in [5.41, 5.74) is -6.11. The molecular weight excluding hydrogens is 487 g/mol. The molecule has 19 heteroatoms. The predicted molar refractivity (Wildman–Crippen MR) is 87.6 cm³/mol. The number of aromatic nitrogens is 2. The third kappa shape index (κ3) is 4.78. The maximum atomic E-state index is 14.3. The van der Waals surface area contributed by atoms with Gasteiger partial charge in [-0.25, -0.2) is 26.4 Å². The Morgan fingerprint density at radius 1 is 1.19 bits per heavy atom. The van der Waals surface area contributed by atoms with Crippen LogP contribution >= 0.6 is 0 Å². The summed E-state index contributed by atoms with van der Waals surface area (Å²) in [6.07, 6.45) is -5.61. The molecule has 0 bridgehead atoms. The van der Waals surface area contributed by atoms with E-state index >= 15 is 0 Å². The van der Waals surface area contributed by atoms with Crippen molar-refractivity contribution in [3.05, 3.63) is 45.1 Å². The van der Waals surface area contributed by atoms with Crippen LogP contribution in [0.1, 0.15) is 5.56 Å². The monoisotopic (exact) mass is 495 g/mol. The third-order valence-electron chi connectivity index (χ3n) is 3.54. The van der Waals surface area contributed by atoms with E-state index in [-0.39, 0.29) is 10.9 Å².